The first-order valence-corrected chi connectivity index (χ1v) is 10.2. The summed E-state index contributed by atoms with van der Waals surface area (Å²) in [4.78, 5) is 23.6. The Balaban J connectivity index is 2.28. The number of hydrogen-bond donors (Lipinski definition) is 0. The van der Waals surface area contributed by atoms with Crippen molar-refractivity contribution in [3.05, 3.63) is 29.3 Å². The maximum absolute atomic E-state index is 11.8. The van der Waals surface area contributed by atoms with Gasteiger partial charge in [-0.15, -0.1) is 6.58 Å². The van der Waals surface area contributed by atoms with Crippen molar-refractivity contribution in [1.29, 1.82) is 0 Å². The van der Waals surface area contributed by atoms with Crippen LogP contribution >= 0.6 is 11.3 Å². The molecule has 1 saturated heterocycles. The molecular formula is C14H18O4SSi. The smallest absolute Gasteiger partial charge is 0.321 e. The fraction of sp³-hybridized carbons (Fsp3) is 0.429. The summed E-state index contributed by atoms with van der Waals surface area (Å²) in [5, 5.41) is 2.99. The highest BCUT2D eigenvalue weighted by Gasteiger charge is 2.48. The molecule has 2 atom stereocenters. The molecule has 1 aromatic heterocycles. The van der Waals surface area contributed by atoms with Gasteiger partial charge in [-0.05, 0) is 9.88 Å². The third-order valence-corrected chi connectivity index (χ3v) is 9.85. The molecule has 0 radical (unpaired) electrons. The van der Waals surface area contributed by atoms with Gasteiger partial charge in [0.15, 0.2) is 5.92 Å². The van der Waals surface area contributed by atoms with Crippen LogP contribution in [-0.4, -0.2) is 33.7 Å². The lowest BCUT2D eigenvalue weighted by Gasteiger charge is -2.28. The first-order chi connectivity index (χ1) is 9.39. The highest BCUT2D eigenvalue weighted by Crippen LogP contribution is 2.34. The van der Waals surface area contributed by atoms with Crippen molar-refractivity contribution in [2.75, 3.05) is 13.7 Å². The van der Waals surface area contributed by atoms with Crippen LogP contribution in [0.15, 0.2) is 29.3 Å². The predicted molar refractivity (Wildman–Crippen MR) is 80.5 cm³/mol. The van der Waals surface area contributed by atoms with Gasteiger partial charge in [-0.25, -0.2) is 0 Å². The molecule has 0 amide bonds. The second-order valence-corrected chi connectivity index (χ2v) is 11.1. The molecule has 20 heavy (non-hydrogen) atoms. The summed E-state index contributed by atoms with van der Waals surface area (Å²) in [6.07, 6.45) is 0. The second kappa shape index (κ2) is 5.53. The van der Waals surface area contributed by atoms with Gasteiger partial charge in [-0.2, -0.15) is 11.3 Å². The Morgan fingerprint density at radius 3 is 2.80 bits per heavy atom. The Labute approximate surface area is 123 Å². The number of carbonyl (C=O) groups excluding carboxylic acids is 2. The SMILES string of the molecule is C=C([C@H]1COC(=O)[C@@H]1C(=O)OC)[Si](C)(C)c1cccs1. The van der Waals surface area contributed by atoms with Crippen molar-refractivity contribution in [1.82, 2.24) is 0 Å². The Morgan fingerprint density at radius 1 is 1.55 bits per heavy atom. The van der Waals surface area contributed by atoms with Gasteiger partial charge in [-0.1, -0.05) is 30.4 Å². The van der Waals surface area contributed by atoms with Gasteiger partial charge in [0.1, 0.15) is 8.07 Å². The zero-order valence-electron chi connectivity index (χ0n) is 11.8. The summed E-state index contributed by atoms with van der Waals surface area (Å²) in [6, 6.07) is 4.10. The fourth-order valence-corrected chi connectivity index (χ4v) is 6.71. The van der Waals surface area contributed by atoms with Crippen LogP contribution in [0.4, 0.5) is 0 Å². The molecule has 1 aromatic rings. The Hall–Kier alpha value is -1.40. The van der Waals surface area contributed by atoms with Crippen LogP contribution in [-0.2, 0) is 19.1 Å². The first kappa shape index (κ1) is 15.0. The maximum atomic E-state index is 11.8. The van der Waals surface area contributed by atoms with E-state index in [0.717, 1.165) is 5.20 Å². The van der Waals surface area contributed by atoms with E-state index in [1.807, 2.05) is 11.4 Å². The van der Waals surface area contributed by atoms with Crippen molar-refractivity contribution in [3.63, 3.8) is 0 Å². The second-order valence-electron chi connectivity index (χ2n) is 5.36. The van der Waals surface area contributed by atoms with E-state index >= 15 is 0 Å². The molecule has 0 bridgehead atoms. The standard InChI is InChI=1S/C14H18O4SSi/c1-9(20(3,4)11-6-5-7-19-11)10-8-18-14(16)12(10)13(15)17-2/h5-7,10,12H,1,8H2,2-4H3/t10-,12+/m1/s1. The van der Waals surface area contributed by atoms with E-state index in [1.165, 1.54) is 11.6 Å². The van der Waals surface area contributed by atoms with Gasteiger partial charge in [0.2, 0.25) is 0 Å². The molecular weight excluding hydrogens is 292 g/mol. The Morgan fingerprint density at radius 2 is 2.25 bits per heavy atom. The molecule has 2 rings (SSSR count). The molecule has 0 saturated carbocycles. The lowest BCUT2D eigenvalue weighted by molar-refractivity contribution is -0.154. The molecule has 0 unspecified atom stereocenters. The molecule has 2 heterocycles. The van der Waals surface area contributed by atoms with Crippen LogP contribution in [0.25, 0.3) is 0 Å². The fourth-order valence-electron chi connectivity index (χ4n) is 2.47. The van der Waals surface area contributed by atoms with E-state index in [2.05, 4.69) is 25.7 Å². The lowest BCUT2D eigenvalue weighted by atomic mass is 9.95. The molecule has 0 aliphatic carbocycles. The Bertz CT molecular complexity index is 535. The quantitative estimate of drug-likeness (QED) is 0.483. The van der Waals surface area contributed by atoms with Gasteiger partial charge >= 0.3 is 11.9 Å². The van der Waals surface area contributed by atoms with E-state index in [9.17, 15) is 9.59 Å². The van der Waals surface area contributed by atoms with Gasteiger partial charge in [0.05, 0.1) is 13.7 Å². The molecule has 0 N–H and O–H groups in total. The van der Waals surface area contributed by atoms with Crippen LogP contribution in [0.1, 0.15) is 0 Å². The average molecular weight is 310 g/mol. The van der Waals surface area contributed by atoms with Gasteiger partial charge in [0, 0.05) is 5.92 Å². The summed E-state index contributed by atoms with van der Waals surface area (Å²) >= 11 is 1.69. The normalized spacial score (nSPS) is 22.4. The van der Waals surface area contributed by atoms with Gasteiger partial charge in [0.25, 0.3) is 0 Å². The number of cyclic esters (lactones) is 1. The largest absolute Gasteiger partial charge is 0.468 e. The van der Waals surface area contributed by atoms with Crippen molar-refractivity contribution < 1.29 is 19.1 Å². The topological polar surface area (TPSA) is 52.6 Å². The van der Waals surface area contributed by atoms with Gasteiger partial charge < -0.3 is 9.47 Å². The molecule has 1 fully saturated rings. The summed E-state index contributed by atoms with van der Waals surface area (Å²) in [5.74, 6) is -2.17. The van der Waals surface area contributed by atoms with E-state index in [0.29, 0.717) is 0 Å². The number of ether oxygens (including phenoxy) is 2. The minimum atomic E-state index is -1.94. The van der Waals surface area contributed by atoms with Crippen molar-refractivity contribution >= 4 is 35.8 Å². The van der Waals surface area contributed by atoms with Crippen LogP contribution in [0.5, 0.6) is 0 Å². The van der Waals surface area contributed by atoms with E-state index in [1.54, 1.807) is 11.3 Å². The number of methoxy groups -OCH3 is 1. The molecule has 1 aliphatic heterocycles. The molecule has 0 aromatic carbocycles. The van der Waals surface area contributed by atoms with Crippen LogP contribution in [0.3, 0.4) is 0 Å². The third kappa shape index (κ3) is 2.45. The third-order valence-electron chi connectivity index (χ3n) is 3.90. The number of rotatable bonds is 4. The number of esters is 2. The minimum Gasteiger partial charge on any atom is -0.468 e. The summed E-state index contributed by atoms with van der Waals surface area (Å²) in [7, 11) is -0.654. The monoisotopic (exact) mass is 310 g/mol. The first-order valence-electron chi connectivity index (χ1n) is 6.37. The average Bonchev–Trinajstić information content (AvgIpc) is 3.06. The highest BCUT2D eigenvalue weighted by atomic mass is 32.1. The van der Waals surface area contributed by atoms with Gasteiger partial charge in [-0.3, -0.25) is 9.59 Å². The van der Waals surface area contributed by atoms with E-state index in [-0.39, 0.29) is 12.5 Å². The van der Waals surface area contributed by atoms with Crippen LogP contribution in [0.2, 0.25) is 13.1 Å². The summed E-state index contributed by atoms with van der Waals surface area (Å²) < 4.78 is 11.1. The van der Waals surface area contributed by atoms with Crippen molar-refractivity contribution in [2.24, 2.45) is 11.8 Å². The molecule has 4 nitrogen and oxygen atoms in total. The predicted octanol–water partition coefficient (Wildman–Crippen LogP) is 1.72. The van der Waals surface area contributed by atoms with Crippen LogP contribution < -0.4 is 4.50 Å². The number of hydrogen-bond acceptors (Lipinski definition) is 5. The summed E-state index contributed by atoms with van der Waals surface area (Å²) in [6.45, 7) is 8.77. The molecule has 0 spiro atoms. The zero-order chi connectivity index (χ0) is 14.9. The summed E-state index contributed by atoms with van der Waals surface area (Å²) in [5.41, 5.74) is 0. The molecule has 108 valence electrons. The Kier molecular flexibility index (Phi) is 4.15. The zero-order valence-corrected chi connectivity index (χ0v) is 13.7. The van der Waals surface area contributed by atoms with Crippen molar-refractivity contribution in [2.45, 2.75) is 13.1 Å². The highest BCUT2D eigenvalue weighted by molar-refractivity contribution is 7.26. The minimum absolute atomic E-state index is 0.221. The lowest BCUT2D eigenvalue weighted by Crippen LogP contribution is -2.46. The molecule has 1 aliphatic rings. The van der Waals surface area contributed by atoms with E-state index < -0.39 is 25.9 Å². The maximum Gasteiger partial charge on any atom is 0.321 e. The van der Waals surface area contributed by atoms with Crippen molar-refractivity contribution in [3.8, 4) is 0 Å². The van der Waals surface area contributed by atoms with Crippen LogP contribution in [0, 0.1) is 11.8 Å². The number of thiophene rings is 1. The number of carbonyl (C=O) groups is 2. The molecule has 6 heteroatoms. The van der Waals surface area contributed by atoms with E-state index in [4.69, 9.17) is 9.47 Å².